The maximum atomic E-state index is 11.2. The third kappa shape index (κ3) is 3.06. The van der Waals surface area contributed by atoms with E-state index in [1.165, 1.54) is 0 Å². The molecule has 1 aromatic rings. The summed E-state index contributed by atoms with van der Waals surface area (Å²) in [7, 11) is 0. The third-order valence-electron chi connectivity index (χ3n) is 2.71. The molecule has 0 heterocycles. The smallest absolute Gasteiger partial charge is 0.311 e. The van der Waals surface area contributed by atoms with Crippen molar-refractivity contribution in [3.8, 4) is 0 Å². The average molecular weight is 271 g/mol. The van der Waals surface area contributed by atoms with Gasteiger partial charge in [-0.1, -0.05) is 48.3 Å². The number of aliphatic carboxylic acids is 1. The van der Waals surface area contributed by atoms with E-state index in [1.807, 2.05) is 38.1 Å². The molecule has 15 heavy (non-hydrogen) atoms. The van der Waals surface area contributed by atoms with Crippen molar-refractivity contribution in [2.24, 2.45) is 5.92 Å². The topological polar surface area (TPSA) is 37.3 Å². The SMILES string of the molecule is CCC(C)C(C(=O)O)c1ccc(Br)cc1. The third-order valence-corrected chi connectivity index (χ3v) is 3.24. The highest BCUT2D eigenvalue weighted by atomic mass is 79.9. The number of carboxylic acid groups (broad SMARTS) is 1. The molecule has 0 aliphatic heterocycles. The Morgan fingerprint density at radius 1 is 1.40 bits per heavy atom. The minimum absolute atomic E-state index is 0.156. The van der Waals surface area contributed by atoms with Gasteiger partial charge in [-0.25, -0.2) is 0 Å². The van der Waals surface area contributed by atoms with Crippen molar-refractivity contribution in [2.45, 2.75) is 26.2 Å². The molecule has 0 aromatic heterocycles. The van der Waals surface area contributed by atoms with Gasteiger partial charge in [0, 0.05) is 4.47 Å². The zero-order valence-corrected chi connectivity index (χ0v) is 10.5. The molecule has 0 aliphatic carbocycles. The van der Waals surface area contributed by atoms with Crippen LogP contribution in [0.4, 0.5) is 0 Å². The molecular formula is C12H15BrO2. The van der Waals surface area contributed by atoms with Crippen molar-refractivity contribution < 1.29 is 9.90 Å². The van der Waals surface area contributed by atoms with E-state index in [0.717, 1.165) is 16.5 Å². The first-order valence-electron chi connectivity index (χ1n) is 5.04. The van der Waals surface area contributed by atoms with Gasteiger partial charge in [0.1, 0.15) is 0 Å². The Labute approximate surface area is 98.4 Å². The standard InChI is InChI=1S/C12H15BrO2/c1-3-8(2)11(12(14)15)9-4-6-10(13)7-5-9/h4-8,11H,3H2,1-2H3,(H,14,15). The molecule has 0 amide bonds. The summed E-state index contributed by atoms with van der Waals surface area (Å²) in [6.07, 6.45) is 0.868. The van der Waals surface area contributed by atoms with Crippen LogP contribution in [0.5, 0.6) is 0 Å². The number of rotatable bonds is 4. The molecule has 1 N–H and O–H groups in total. The molecule has 82 valence electrons. The van der Waals surface area contributed by atoms with Gasteiger partial charge in [-0.2, -0.15) is 0 Å². The van der Waals surface area contributed by atoms with Gasteiger partial charge >= 0.3 is 5.97 Å². The summed E-state index contributed by atoms with van der Waals surface area (Å²) in [5.41, 5.74) is 0.875. The summed E-state index contributed by atoms with van der Waals surface area (Å²) in [5, 5.41) is 9.19. The summed E-state index contributed by atoms with van der Waals surface area (Å²) < 4.78 is 0.972. The average Bonchev–Trinajstić information content (AvgIpc) is 2.20. The predicted octanol–water partition coefficient (Wildman–Crippen LogP) is 3.66. The molecule has 1 rings (SSSR count). The van der Waals surface area contributed by atoms with E-state index in [0.29, 0.717) is 0 Å². The molecule has 0 saturated heterocycles. The molecular weight excluding hydrogens is 256 g/mol. The molecule has 2 atom stereocenters. The molecule has 0 spiro atoms. The highest BCUT2D eigenvalue weighted by molar-refractivity contribution is 9.10. The summed E-state index contributed by atoms with van der Waals surface area (Å²) in [5.74, 6) is -0.988. The van der Waals surface area contributed by atoms with Gasteiger partial charge in [0.15, 0.2) is 0 Å². The Balaban J connectivity index is 2.99. The van der Waals surface area contributed by atoms with E-state index in [-0.39, 0.29) is 5.92 Å². The van der Waals surface area contributed by atoms with Crippen molar-refractivity contribution in [3.05, 3.63) is 34.3 Å². The molecule has 0 radical (unpaired) electrons. The van der Waals surface area contributed by atoms with Crippen LogP contribution >= 0.6 is 15.9 Å². The van der Waals surface area contributed by atoms with Crippen LogP contribution in [0.15, 0.2) is 28.7 Å². The van der Waals surface area contributed by atoms with Gasteiger partial charge in [0.25, 0.3) is 0 Å². The normalized spacial score (nSPS) is 14.6. The highest BCUT2D eigenvalue weighted by Crippen LogP contribution is 2.28. The van der Waals surface area contributed by atoms with E-state index in [4.69, 9.17) is 0 Å². The van der Waals surface area contributed by atoms with Gasteiger partial charge < -0.3 is 5.11 Å². The quantitative estimate of drug-likeness (QED) is 0.907. The maximum absolute atomic E-state index is 11.2. The van der Waals surface area contributed by atoms with Crippen LogP contribution in [0.1, 0.15) is 31.7 Å². The van der Waals surface area contributed by atoms with E-state index < -0.39 is 11.9 Å². The highest BCUT2D eigenvalue weighted by Gasteiger charge is 2.24. The Morgan fingerprint density at radius 2 is 1.93 bits per heavy atom. The van der Waals surface area contributed by atoms with Crippen molar-refractivity contribution in [3.63, 3.8) is 0 Å². The zero-order chi connectivity index (χ0) is 11.4. The van der Waals surface area contributed by atoms with E-state index in [9.17, 15) is 9.90 Å². The number of carboxylic acids is 1. The molecule has 3 heteroatoms. The Kier molecular flexibility index (Phi) is 4.33. The summed E-state index contributed by atoms with van der Waals surface area (Å²) in [6, 6.07) is 7.51. The lowest BCUT2D eigenvalue weighted by Gasteiger charge is -2.19. The summed E-state index contributed by atoms with van der Waals surface area (Å²) in [4.78, 5) is 11.2. The Hall–Kier alpha value is -0.830. The minimum atomic E-state index is -0.744. The fourth-order valence-electron chi connectivity index (χ4n) is 1.62. The summed E-state index contributed by atoms with van der Waals surface area (Å²) in [6.45, 7) is 3.99. The second-order valence-electron chi connectivity index (χ2n) is 3.75. The Bertz CT molecular complexity index is 332. The lowest BCUT2D eigenvalue weighted by atomic mass is 9.86. The van der Waals surface area contributed by atoms with Gasteiger partial charge in [-0.3, -0.25) is 4.79 Å². The van der Waals surface area contributed by atoms with Crippen molar-refractivity contribution in [1.82, 2.24) is 0 Å². The van der Waals surface area contributed by atoms with Gasteiger partial charge in [0.05, 0.1) is 5.92 Å². The first kappa shape index (κ1) is 12.2. The molecule has 1 aromatic carbocycles. The zero-order valence-electron chi connectivity index (χ0n) is 8.90. The van der Waals surface area contributed by atoms with Crippen LogP contribution in [0.2, 0.25) is 0 Å². The first-order chi connectivity index (χ1) is 7.06. The van der Waals surface area contributed by atoms with Gasteiger partial charge in [-0.15, -0.1) is 0 Å². The van der Waals surface area contributed by atoms with Crippen LogP contribution < -0.4 is 0 Å². The first-order valence-corrected chi connectivity index (χ1v) is 5.83. The Morgan fingerprint density at radius 3 is 2.33 bits per heavy atom. The summed E-state index contributed by atoms with van der Waals surface area (Å²) >= 11 is 3.34. The molecule has 0 fully saturated rings. The minimum Gasteiger partial charge on any atom is -0.481 e. The van der Waals surface area contributed by atoms with Crippen LogP contribution in [-0.4, -0.2) is 11.1 Å². The number of carbonyl (C=O) groups is 1. The molecule has 0 saturated carbocycles. The fourth-order valence-corrected chi connectivity index (χ4v) is 1.88. The monoisotopic (exact) mass is 270 g/mol. The predicted molar refractivity (Wildman–Crippen MR) is 64.0 cm³/mol. The number of hydrogen-bond acceptors (Lipinski definition) is 1. The number of hydrogen-bond donors (Lipinski definition) is 1. The lowest BCUT2D eigenvalue weighted by molar-refractivity contribution is -0.140. The van der Waals surface area contributed by atoms with Gasteiger partial charge in [0.2, 0.25) is 0 Å². The lowest BCUT2D eigenvalue weighted by Crippen LogP contribution is -2.18. The largest absolute Gasteiger partial charge is 0.481 e. The maximum Gasteiger partial charge on any atom is 0.311 e. The number of benzene rings is 1. The van der Waals surface area contributed by atoms with Crippen molar-refractivity contribution in [1.29, 1.82) is 0 Å². The van der Waals surface area contributed by atoms with Crippen molar-refractivity contribution in [2.75, 3.05) is 0 Å². The molecule has 2 nitrogen and oxygen atoms in total. The fraction of sp³-hybridized carbons (Fsp3) is 0.417. The van der Waals surface area contributed by atoms with E-state index in [1.54, 1.807) is 0 Å². The molecule has 2 unspecified atom stereocenters. The van der Waals surface area contributed by atoms with Crippen LogP contribution in [0, 0.1) is 5.92 Å². The molecule has 0 aliphatic rings. The van der Waals surface area contributed by atoms with Crippen LogP contribution in [-0.2, 0) is 4.79 Å². The number of halogens is 1. The van der Waals surface area contributed by atoms with E-state index >= 15 is 0 Å². The van der Waals surface area contributed by atoms with Crippen molar-refractivity contribution >= 4 is 21.9 Å². The molecule has 0 bridgehead atoms. The second kappa shape index (κ2) is 5.31. The van der Waals surface area contributed by atoms with E-state index in [2.05, 4.69) is 15.9 Å². The van der Waals surface area contributed by atoms with Crippen LogP contribution in [0.3, 0.4) is 0 Å². The van der Waals surface area contributed by atoms with Crippen LogP contribution in [0.25, 0.3) is 0 Å². The second-order valence-corrected chi connectivity index (χ2v) is 4.67. The van der Waals surface area contributed by atoms with Gasteiger partial charge in [-0.05, 0) is 23.6 Å².